The Morgan fingerprint density at radius 2 is 2.19 bits per heavy atom. The summed E-state index contributed by atoms with van der Waals surface area (Å²) in [7, 11) is 1.60. The molecule has 1 fully saturated rings. The third-order valence-electron chi connectivity index (χ3n) is 5.50. The summed E-state index contributed by atoms with van der Waals surface area (Å²) in [4.78, 5) is 37.8. The number of amides is 2. The Balaban J connectivity index is 1.54. The molecule has 9 nitrogen and oxygen atoms in total. The Hall–Kier alpha value is -2.85. The average Bonchev–Trinajstić information content (AvgIpc) is 3.44. The van der Waals surface area contributed by atoms with Gasteiger partial charge in [0.25, 0.3) is 5.91 Å². The maximum absolute atomic E-state index is 12.9. The van der Waals surface area contributed by atoms with Crippen molar-refractivity contribution < 1.29 is 14.3 Å². The lowest BCUT2D eigenvalue weighted by Crippen LogP contribution is -2.32. The highest BCUT2D eigenvalue weighted by Gasteiger charge is 2.33. The molecule has 0 radical (unpaired) electrons. The minimum absolute atomic E-state index is 0.0132. The molecule has 1 saturated heterocycles. The molecule has 2 amide bonds. The summed E-state index contributed by atoms with van der Waals surface area (Å²) in [5.41, 5.74) is 0.992. The lowest BCUT2D eigenvalue weighted by atomic mass is 9.95. The van der Waals surface area contributed by atoms with E-state index in [9.17, 15) is 9.59 Å². The highest BCUT2D eigenvalue weighted by atomic mass is 32.1. The summed E-state index contributed by atoms with van der Waals surface area (Å²) in [5, 5.41) is 8.20. The van der Waals surface area contributed by atoms with Gasteiger partial charge in [-0.3, -0.25) is 9.59 Å². The second-order valence-electron chi connectivity index (χ2n) is 7.64. The van der Waals surface area contributed by atoms with E-state index in [0.29, 0.717) is 36.9 Å². The highest BCUT2D eigenvalue weighted by Crippen LogP contribution is 2.39. The van der Waals surface area contributed by atoms with E-state index in [1.807, 2.05) is 30.9 Å². The van der Waals surface area contributed by atoms with E-state index in [-0.39, 0.29) is 24.3 Å². The van der Waals surface area contributed by atoms with Crippen LogP contribution in [0.4, 0.5) is 0 Å². The smallest absolute Gasteiger partial charge is 0.261 e. The van der Waals surface area contributed by atoms with Gasteiger partial charge in [-0.2, -0.15) is 5.10 Å². The number of nitrogens with one attached hydrogen (secondary N) is 1. The Morgan fingerprint density at radius 1 is 1.35 bits per heavy atom. The first kappa shape index (κ1) is 21.4. The van der Waals surface area contributed by atoms with E-state index in [4.69, 9.17) is 4.74 Å². The van der Waals surface area contributed by atoms with Gasteiger partial charge in [-0.25, -0.2) is 14.6 Å². The molecule has 4 rings (SSSR count). The van der Waals surface area contributed by atoms with E-state index in [0.717, 1.165) is 28.0 Å². The molecule has 10 heteroatoms. The molecule has 3 aromatic heterocycles. The van der Waals surface area contributed by atoms with E-state index in [1.54, 1.807) is 18.0 Å². The first-order valence-corrected chi connectivity index (χ1v) is 11.1. The molecule has 164 valence electrons. The second kappa shape index (κ2) is 9.11. The van der Waals surface area contributed by atoms with Crippen LogP contribution < -0.4 is 5.32 Å². The molecule has 1 aliphatic heterocycles. The summed E-state index contributed by atoms with van der Waals surface area (Å²) in [5.74, 6) is 1.37. The summed E-state index contributed by atoms with van der Waals surface area (Å²) in [6, 6.07) is 3.89. The molecule has 1 N–H and O–H groups in total. The molecular formula is C21H26N6O3S. The van der Waals surface area contributed by atoms with Gasteiger partial charge in [-0.1, -0.05) is 6.07 Å². The number of ether oxygens (including phenoxy) is 1. The fraction of sp³-hybridized carbons (Fsp3) is 0.476. The van der Waals surface area contributed by atoms with Gasteiger partial charge >= 0.3 is 0 Å². The lowest BCUT2D eigenvalue weighted by Gasteiger charge is -2.17. The predicted octanol–water partition coefficient (Wildman–Crippen LogP) is 1.90. The van der Waals surface area contributed by atoms with Crippen LogP contribution >= 0.6 is 11.3 Å². The fourth-order valence-corrected chi connectivity index (χ4v) is 5.18. The van der Waals surface area contributed by atoms with Gasteiger partial charge in [0, 0.05) is 44.2 Å². The van der Waals surface area contributed by atoms with E-state index in [2.05, 4.69) is 20.4 Å². The molecule has 0 aromatic carbocycles. The van der Waals surface area contributed by atoms with Crippen LogP contribution in [0.2, 0.25) is 0 Å². The minimum Gasteiger partial charge on any atom is -0.383 e. The second-order valence-corrected chi connectivity index (χ2v) is 8.64. The van der Waals surface area contributed by atoms with Crippen molar-refractivity contribution >= 4 is 33.4 Å². The summed E-state index contributed by atoms with van der Waals surface area (Å²) in [6.45, 7) is 5.96. The third-order valence-corrected chi connectivity index (χ3v) is 6.63. The number of aryl methyl sites for hydroxylation is 2. The molecule has 0 aliphatic carbocycles. The number of aromatic nitrogens is 4. The van der Waals surface area contributed by atoms with Crippen molar-refractivity contribution in [3.8, 4) is 0 Å². The van der Waals surface area contributed by atoms with Crippen molar-refractivity contribution in [3.05, 3.63) is 40.4 Å². The zero-order valence-corrected chi connectivity index (χ0v) is 18.7. The average molecular weight is 443 g/mol. The normalized spacial score (nSPS) is 16.2. The molecule has 0 bridgehead atoms. The molecule has 31 heavy (non-hydrogen) atoms. The van der Waals surface area contributed by atoms with E-state index >= 15 is 0 Å². The fourth-order valence-electron chi connectivity index (χ4n) is 4.03. The van der Waals surface area contributed by atoms with Crippen LogP contribution in [0.5, 0.6) is 0 Å². The van der Waals surface area contributed by atoms with Gasteiger partial charge in [0.15, 0.2) is 0 Å². The topological polar surface area (TPSA) is 102 Å². The number of carbonyl (C=O) groups is 2. The molecule has 1 atom stereocenters. The van der Waals surface area contributed by atoms with Crippen molar-refractivity contribution in [1.82, 2.24) is 30.0 Å². The standard InChI is InChI=1S/C21H26N6O3S/c1-13-24-14(2)27(25-13)12-17(28)26-9-6-15(11-26)18-16-5-4-7-23-21(16)31-19(18)20(29)22-8-10-30-3/h4-5,7,15H,6,8-12H2,1-3H3,(H,22,29)/t15-/m0/s1. The molecule has 0 saturated carbocycles. The zero-order valence-electron chi connectivity index (χ0n) is 17.9. The summed E-state index contributed by atoms with van der Waals surface area (Å²) >= 11 is 1.40. The monoisotopic (exact) mass is 442 g/mol. The van der Waals surface area contributed by atoms with Gasteiger partial charge in [0.05, 0.1) is 11.5 Å². The maximum Gasteiger partial charge on any atom is 0.261 e. The van der Waals surface area contributed by atoms with Gasteiger partial charge in [0.1, 0.15) is 23.0 Å². The van der Waals surface area contributed by atoms with Crippen LogP contribution in [0.25, 0.3) is 10.2 Å². The van der Waals surface area contributed by atoms with Crippen LogP contribution in [-0.4, -0.2) is 69.8 Å². The predicted molar refractivity (Wildman–Crippen MR) is 117 cm³/mol. The number of carbonyl (C=O) groups excluding carboxylic acids is 2. The third kappa shape index (κ3) is 4.45. The molecule has 3 aromatic rings. The largest absolute Gasteiger partial charge is 0.383 e. The van der Waals surface area contributed by atoms with E-state index < -0.39 is 0 Å². The summed E-state index contributed by atoms with van der Waals surface area (Å²) < 4.78 is 6.68. The summed E-state index contributed by atoms with van der Waals surface area (Å²) in [6.07, 6.45) is 2.54. The number of hydrogen-bond donors (Lipinski definition) is 1. The highest BCUT2D eigenvalue weighted by molar-refractivity contribution is 7.20. The van der Waals surface area contributed by atoms with Crippen LogP contribution in [0.1, 0.15) is 39.2 Å². The Bertz CT molecular complexity index is 1110. The van der Waals surface area contributed by atoms with Crippen molar-refractivity contribution in [2.24, 2.45) is 0 Å². The first-order valence-electron chi connectivity index (χ1n) is 10.3. The Labute approximate surface area is 184 Å². The molecular weight excluding hydrogens is 416 g/mol. The lowest BCUT2D eigenvalue weighted by molar-refractivity contribution is -0.131. The quantitative estimate of drug-likeness (QED) is 0.561. The number of methoxy groups -OCH3 is 1. The number of likely N-dealkylation sites (tertiary alicyclic amines) is 1. The number of thiophene rings is 1. The minimum atomic E-state index is -0.117. The Kier molecular flexibility index (Phi) is 6.28. The van der Waals surface area contributed by atoms with Crippen LogP contribution in [0.15, 0.2) is 18.3 Å². The van der Waals surface area contributed by atoms with Gasteiger partial charge in [0.2, 0.25) is 5.91 Å². The molecule has 1 aliphatic rings. The van der Waals surface area contributed by atoms with Crippen molar-refractivity contribution in [2.75, 3.05) is 33.4 Å². The van der Waals surface area contributed by atoms with Gasteiger partial charge in [-0.05, 0) is 31.9 Å². The molecule has 0 unspecified atom stereocenters. The van der Waals surface area contributed by atoms with Crippen LogP contribution in [0.3, 0.4) is 0 Å². The van der Waals surface area contributed by atoms with Crippen LogP contribution in [-0.2, 0) is 16.1 Å². The zero-order chi connectivity index (χ0) is 22.0. The Morgan fingerprint density at radius 3 is 2.94 bits per heavy atom. The van der Waals surface area contributed by atoms with Gasteiger partial charge in [-0.15, -0.1) is 11.3 Å². The van der Waals surface area contributed by atoms with E-state index in [1.165, 1.54) is 11.3 Å². The number of rotatable bonds is 7. The van der Waals surface area contributed by atoms with Gasteiger partial charge < -0.3 is 15.0 Å². The van der Waals surface area contributed by atoms with Crippen molar-refractivity contribution in [2.45, 2.75) is 32.7 Å². The number of fused-ring (bicyclic) bond motifs is 1. The SMILES string of the molecule is COCCNC(=O)c1sc2ncccc2c1[C@H]1CCN(C(=O)Cn2nc(C)nc2C)C1. The number of hydrogen-bond acceptors (Lipinski definition) is 7. The number of pyridine rings is 1. The molecule has 4 heterocycles. The van der Waals surface area contributed by atoms with Crippen molar-refractivity contribution in [3.63, 3.8) is 0 Å². The maximum atomic E-state index is 12.9. The first-order chi connectivity index (χ1) is 15.0. The number of nitrogens with zero attached hydrogens (tertiary/aromatic N) is 5. The van der Waals surface area contributed by atoms with Crippen molar-refractivity contribution in [1.29, 1.82) is 0 Å². The molecule has 0 spiro atoms. The van der Waals surface area contributed by atoms with Crippen LogP contribution in [0, 0.1) is 13.8 Å².